The highest BCUT2D eigenvalue weighted by atomic mass is 28.3. The first-order valence-electron chi connectivity index (χ1n) is 14.1. The summed E-state index contributed by atoms with van der Waals surface area (Å²) in [5.41, 5.74) is 0. The molecule has 6 nitrogen and oxygen atoms in total. The van der Waals surface area contributed by atoms with Crippen molar-refractivity contribution in [3.8, 4) is 23.0 Å². The molecule has 0 amide bonds. The van der Waals surface area contributed by atoms with E-state index in [0.29, 0.717) is 64.4 Å². The van der Waals surface area contributed by atoms with E-state index >= 15 is 0 Å². The molecule has 3 aromatic rings. The normalized spacial score (nSPS) is 11.8. The van der Waals surface area contributed by atoms with Gasteiger partial charge in [-0.05, 0) is 36.4 Å². The van der Waals surface area contributed by atoms with Gasteiger partial charge in [-0.1, -0.05) is 86.1 Å². The molecule has 0 aromatic heterocycles. The average Bonchev–Trinajstić information content (AvgIpc) is 2.92. The number of benzene rings is 3. The van der Waals surface area contributed by atoms with Crippen LogP contribution in [-0.2, 0) is 9.47 Å². The number of hydrogen-bond donors (Lipinski definition) is 0. The second-order valence-corrected chi connectivity index (χ2v) is 21.8. The van der Waals surface area contributed by atoms with Gasteiger partial charge in [-0.2, -0.15) is 0 Å². The molecule has 0 unspecified atom stereocenters. The lowest BCUT2D eigenvalue weighted by molar-refractivity contribution is 0.0699. The molecule has 40 heavy (non-hydrogen) atoms. The van der Waals surface area contributed by atoms with E-state index in [-0.39, 0.29) is 0 Å². The third-order valence-electron chi connectivity index (χ3n) is 6.21. The first kappa shape index (κ1) is 31.7. The van der Waals surface area contributed by atoms with Gasteiger partial charge in [0.25, 0.3) is 0 Å². The minimum atomic E-state index is -1.35. The number of hydrogen-bond acceptors (Lipinski definition) is 6. The molecule has 0 heterocycles. The summed E-state index contributed by atoms with van der Waals surface area (Å²) < 4.78 is 34.9. The van der Waals surface area contributed by atoms with Crippen LogP contribution in [0.25, 0.3) is 0 Å². The van der Waals surface area contributed by atoms with E-state index in [1.807, 2.05) is 36.4 Å². The molecule has 0 N–H and O–H groups in total. The molecule has 0 spiro atoms. The molecular weight excluding hydrogens is 537 g/mol. The molecule has 0 bridgehead atoms. The largest absolute Gasteiger partial charge is 0.491 e. The maximum Gasteiger partial charge on any atom is 0.161 e. The van der Waals surface area contributed by atoms with Gasteiger partial charge in [-0.25, -0.2) is 0 Å². The first-order chi connectivity index (χ1) is 19.1. The minimum Gasteiger partial charge on any atom is -0.491 e. The van der Waals surface area contributed by atoms with E-state index in [2.05, 4.69) is 75.7 Å². The summed E-state index contributed by atoms with van der Waals surface area (Å²) in [5.74, 6) is 3.18. The summed E-state index contributed by atoms with van der Waals surface area (Å²) in [5, 5.41) is 2.78. The Labute approximate surface area is 242 Å². The van der Waals surface area contributed by atoms with Gasteiger partial charge >= 0.3 is 0 Å². The fourth-order valence-corrected chi connectivity index (χ4v) is 6.20. The second-order valence-electron chi connectivity index (χ2n) is 11.6. The highest BCUT2D eigenvalue weighted by Crippen LogP contribution is 2.26. The van der Waals surface area contributed by atoms with Gasteiger partial charge in [0.05, 0.1) is 42.6 Å². The van der Waals surface area contributed by atoms with Gasteiger partial charge < -0.3 is 28.4 Å². The van der Waals surface area contributed by atoms with Crippen molar-refractivity contribution in [2.75, 3.05) is 52.9 Å². The van der Waals surface area contributed by atoms with Crippen molar-refractivity contribution in [2.24, 2.45) is 0 Å². The molecule has 0 fully saturated rings. The molecule has 0 saturated heterocycles. The van der Waals surface area contributed by atoms with Gasteiger partial charge in [-0.3, -0.25) is 0 Å². The van der Waals surface area contributed by atoms with Crippen molar-refractivity contribution < 1.29 is 28.4 Å². The monoisotopic (exact) mass is 582 g/mol. The van der Waals surface area contributed by atoms with Gasteiger partial charge in [0.2, 0.25) is 0 Å². The van der Waals surface area contributed by atoms with Crippen LogP contribution in [0.1, 0.15) is 0 Å². The lowest BCUT2D eigenvalue weighted by Crippen LogP contribution is -2.37. The van der Waals surface area contributed by atoms with Crippen LogP contribution in [0.15, 0.2) is 72.8 Å². The fourth-order valence-electron chi connectivity index (χ4n) is 3.86. The fraction of sp³-hybridized carbons (Fsp3) is 0.438. The molecule has 0 aliphatic rings. The van der Waals surface area contributed by atoms with Crippen molar-refractivity contribution in [1.29, 1.82) is 0 Å². The molecule has 0 radical (unpaired) electrons. The van der Waals surface area contributed by atoms with Crippen LogP contribution in [-0.4, -0.2) is 69.0 Å². The zero-order valence-electron chi connectivity index (χ0n) is 25.0. The van der Waals surface area contributed by atoms with Crippen LogP contribution in [0.3, 0.4) is 0 Å². The van der Waals surface area contributed by atoms with Gasteiger partial charge in [-0.15, -0.1) is 0 Å². The van der Waals surface area contributed by atoms with E-state index in [0.717, 1.165) is 11.5 Å². The third kappa shape index (κ3) is 11.4. The van der Waals surface area contributed by atoms with Crippen LogP contribution in [0.5, 0.6) is 23.0 Å². The topological polar surface area (TPSA) is 55.4 Å². The number of para-hydroxylation sites is 2. The standard InChI is InChI=1S/C32H46O6Si2/c1-39(2,3)29-13-9-11-27(25-29)35-21-17-33-19-23-37-31-15-7-8-16-32(31)38-24-20-34-18-22-36-28-12-10-14-30(26-28)40(4,5)6/h7-16,25-26H,17-24H2,1-6H3. The third-order valence-corrected chi connectivity index (χ3v) is 10.3. The van der Waals surface area contributed by atoms with Crippen molar-refractivity contribution in [3.63, 3.8) is 0 Å². The number of rotatable bonds is 18. The van der Waals surface area contributed by atoms with E-state index < -0.39 is 16.1 Å². The first-order valence-corrected chi connectivity index (χ1v) is 21.1. The Kier molecular flexibility index (Phi) is 12.6. The Morgan fingerprint density at radius 3 is 1.18 bits per heavy atom. The van der Waals surface area contributed by atoms with Gasteiger partial charge in [0.15, 0.2) is 11.5 Å². The highest BCUT2D eigenvalue weighted by molar-refractivity contribution is 6.89. The molecule has 3 aromatic carbocycles. The lowest BCUT2D eigenvalue weighted by Gasteiger charge is -2.17. The molecule has 218 valence electrons. The minimum absolute atomic E-state index is 0.429. The van der Waals surface area contributed by atoms with Crippen LogP contribution >= 0.6 is 0 Å². The van der Waals surface area contributed by atoms with Crippen LogP contribution in [0.4, 0.5) is 0 Å². The van der Waals surface area contributed by atoms with Crippen molar-refractivity contribution in [3.05, 3.63) is 72.8 Å². The molecule has 0 saturated carbocycles. The Bertz CT molecular complexity index is 1070. The molecule has 3 rings (SSSR count). The van der Waals surface area contributed by atoms with Crippen molar-refractivity contribution >= 4 is 26.5 Å². The van der Waals surface area contributed by atoms with E-state index in [9.17, 15) is 0 Å². The van der Waals surface area contributed by atoms with Crippen molar-refractivity contribution in [2.45, 2.75) is 39.3 Å². The SMILES string of the molecule is C[Si](C)(C)c1cccc(OCCOCCOc2ccccc2OCCOCCOc2cccc([Si](C)(C)C)c2)c1. The summed E-state index contributed by atoms with van der Waals surface area (Å²) >= 11 is 0. The molecule has 0 aliphatic carbocycles. The molecule has 0 aliphatic heterocycles. The smallest absolute Gasteiger partial charge is 0.161 e. The Hall–Kier alpha value is -2.79. The predicted octanol–water partition coefficient (Wildman–Crippen LogP) is 5.73. The Balaban J connectivity index is 1.26. The summed E-state index contributed by atoms with van der Waals surface area (Å²) in [6, 6.07) is 24.4. The van der Waals surface area contributed by atoms with E-state index in [1.165, 1.54) is 10.4 Å². The summed E-state index contributed by atoms with van der Waals surface area (Å²) in [6.07, 6.45) is 0. The molecule has 0 atom stereocenters. The van der Waals surface area contributed by atoms with E-state index in [4.69, 9.17) is 28.4 Å². The quantitative estimate of drug-likeness (QED) is 0.141. The summed E-state index contributed by atoms with van der Waals surface area (Å²) in [7, 11) is -2.70. The zero-order chi connectivity index (χ0) is 28.8. The van der Waals surface area contributed by atoms with Crippen molar-refractivity contribution in [1.82, 2.24) is 0 Å². The zero-order valence-corrected chi connectivity index (χ0v) is 27.0. The Morgan fingerprint density at radius 2 is 0.800 bits per heavy atom. The molecule has 8 heteroatoms. The Morgan fingerprint density at radius 1 is 0.425 bits per heavy atom. The predicted molar refractivity (Wildman–Crippen MR) is 169 cm³/mol. The second kappa shape index (κ2) is 15.9. The van der Waals surface area contributed by atoms with Gasteiger partial charge in [0, 0.05) is 0 Å². The maximum absolute atomic E-state index is 5.89. The average molecular weight is 583 g/mol. The summed E-state index contributed by atoms with van der Waals surface area (Å²) in [6.45, 7) is 17.8. The summed E-state index contributed by atoms with van der Waals surface area (Å²) in [4.78, 5) is 0. The maximum atomic E-state index is 5.89. The molecular formula is C32H46O6Si2. The number of ether oxygens (including phenoxy) is 6. The van der Waals surface area contributed by atoms with E-state index in [1.54, 1.807) is 0 Å². The van der Waals surface area contributed by atoms with Crippen LogP contribution in [0.2, 0.25) is 39.3 Å². The highest BCUT2D eigenvalue weighted by Gasteiger charge is 2.17. The van der Waals surface area contributed by atoms with Crippen LogP contribution < -0.4 is 29.3 Å². The lowest BCUT2D eigenvalue weighted by atomic mass is 10.3. The van der Waals surface area contributed by atoms with Crippen LogP contribution in [0, 0.1) is 0 Å². The van der Waals surface area contributed by atoms with Gasteiger partial charge in [0.1, 0.15) is 37.9 Å².